The summed E-state index contributed by atoms with van der Waals surface area (Å²) in [6, 6.07) is 11.2. The predicted molar refractivity (Wildman–Crippen MR) is 95.0 cm³/mol. The third-order valence-corrected chi connectivity index (χ3v) is 3.39. The Kier molecular flexibility index (Phi) is 6.11. The topological polar surface area (TPSA) is 57.3 Å². The maximum absolute atomic E-state index is 12.2. The van der Waals surface area contributed by atoms with Gasteiger partial charge in [-0.25, -0.2) is 4.98 Å². The Bertz CT molecular complexity index is 638. The van der Waals surface area contributed by atoms with Gasteiger partial charge in [0.2, 0.25) is 0 Å². The van der Waals surface area contributed by atoms with Crippen LogP contribution in [0, 0.1) is 6.92 Å². The number of aryl methyl sites for hydroxylation is 1. The number of carbonyl (C=O) groups excluding carboxylic acids is 1. The molecule has 122 valence electrons. The van der Waals surface area contributed by atoms with Crippen LogP contribution in [-0.2, 0) is 0 Å². The van der Waals surface area contributed by atoms with Gasteiger partial charge in [-0.1, -0.05) is 17.7 Å². The van der Waals surface area contributed by atoms with Crippen LogP contribution in [0.25, 0.3) is 0 Å². The number of hydrogen-bond donors (Lipinski definition) is 2. The van der Waals surface area contributed by atoms with Crippen molar-refractivity contribution < 1.29 is 4.79 Å². The lowest BCUT2D eigenvalue weighted by Crippen LogP contribution is -2.16. The van der Waals surface area contributed by atoms with Crippen molar-refractivity contribution in [2.75, 3.05) is 37.8 Å². The molecule has 0 aliphatic carbocycles. The average molecular weight is 312 g/mol. The lowest BCUT2D eigenvalue weighted by molar-refractivity contribution is 0.102. The molecule has 1 heterocycles. The first kappa shape index (κ1) is 17.0. The second-order valence-electron chi connectivity index (χ2n) is 5.84. The largest absolute Gasteiger partial charge is 0.370 e. The minimum Gasteiger partial charge on any atom is -0.370 e. The number of rotatable bonds is 7. The van der Waals surface area contributed by atoms with Crippen molar-refractivity contribution in [3.05, 3.63) is 53.7 Å². The van der Waals surface area contributed by atoms with Crippen LogP contribution in [0.1, 0.15) is 22.3 Å². The van der Waals surface area contributed by atoms with Gasteiger partial charge in [0.15, 0.2) is 0 Å². The molecule has 5 heteroatoms. The van der Waals surface area contributed by atoms with E-state index in [9.17, 15) is 4.79 Å². The number of nitrogens with one attached hydrogen (secondary N) is 2. The molecule has 2 aromatic rings. The summed E-state index contributed by atoms with van der Waals surface area (Å²) in [6.07, 6.45) is 2.72. The molecule has 0 saturated heterocycles. The van der Waals surface area contributed by atoms with Crippen LogP contribution < -0.4 is 10.6 Å². The van der Waals surface area contributed by atoms with E-state index >= 15 is 0 Å². The number of pyridine rings is 1. The van der Waals surface area contributed by atoms with Crippen LogP contribution in [0.3, 0.4) is 0 Å². The highest BCUT2D eigenvalue weighted by atomic mass is 16.1. The zero-order chi connectivity index (χ0) is 16.7. The smallest absolute Gasteiger partial charge is 0.255 e. The summed E-state index contributed by atoms with van der Waals surface area (Å²) in [5.41, 5.74) is 2.40. The van der Waals surface area contributed by atoms with Crippen LogP contribution in [0.2, 0.25) is 0 Å². The fourth-order valence-electron chi connectivity index (χ4n) is 2.17. The molecule has 0 radical (unpaired) electrons. The Labute approximate surface area is 137 Å². The molecule has 0 spiro atoms. The molecular weight excluding hydrogens is 288 g/mol. The molecule has 0 unspecified atom stereocenters. The predicted octanol–water partition coefficient (Wildman–Crippen LogP) is 3.01. The van der Waals surface area contributed by atoms with Gasteiger partial charge in [-0.2, -0.15) is 0 Å². The number of carbonyl (C=O) groups is 1. The molecule has 23 heavy (non-hydrogen) atoms. The summed E-state index contributed by atoms with van der Waals surface area (Å²) < 4.78 is 0. The van der Waals surface area contributed by atoms with Crippen molar-refractivity contribution in [2.45, 2.75) is 13.3 Å². The second kappa shape index (κ2) is 8.29. The summed E-state index contributed by atoms with van der Waals surface area (Å²) in [5, 5.41) is 6.13. The first-order valence-electron chi connectivity index (χ1n) is 7.77. The Morgan fingerprint density at radius 3 is 2.70 bits per heavy atom. The quantitative estimate of drug-likeness (QED) is 0.772. The zero-order valence-corrected chi connectivity index (χ0v) is 14.0. The molecule has 5 nitrogen and oxygen atoms in total. The highest BCUT2D eigenvalue weighted by Crippen LogP contribution is 2.12. The first-order valence-corrected chi connectivity index (χ1v) is 7.77. The average Bonchev–Trinajstić information content (AvgIpc) is 2.53. The second-order valence-corrected chi connectivity index (χ2v) is 5.84. The standard InChI is InChI=1S/C18H24N4O/c1-14-6-4-7-15(12-14)18(23)21-16-8-9-17(20-13-16)19-10-5-11-22(2)3/h4,6-9,12-13H,5,10-11H2,1-3H3,(H,19,20)(H,21,23). The van der Waals surface area contributed by atoms with E-state index in [4.69, 9.17) is 0 Å². The van der Waals surface area contributed by atoms with E-state index in [-0.39, 0.29) is 5.91 Å². The van der Waals surface area contributed by atoms with E-state index < -0.39 is 0 Å². The molecule has 2 rings (SSSR count). The molecule has 0 fully saturated rings. The minimum absolute atomic E-state index is 0.123. The van der Waals surface area contributed by atoms with Gasteiger partial charge in [-0.3, -0.25) is 4.79 Å². The lowest BCUT2D eigenvalue weighted by Gasteiger charge is -2.10. The van der Waals surface area contributed by atoms with Gasteiger partial charge in [0.1, 0.15) is 5.82 Å². The Hall–Kier alpha value is -2.40. The van der Waals surface area contributed by atoms with Crippen molar-refractivity contribution in [1.82, 2.24) is 9.88 Å². The molecule has 2 N–H and O–H groups in total. The van der Waals surface area contributed by atoms with E-state index in [0.717, 1.165) is 30.9 Å². The van der Waals surface area contributed by atoms with Gasteiger partial charge in [0.25, 0.3) is 5.91 Å². The number of nitrogens with zero attached hydrogens (tertiary/aromatic N) is 2. The van der Waals surface area contributed by atoms with Crippen LogP contribution in [-0.4, -0.2) is 43.0 Å². The van der Waals surface area contributed by atoms with Crippen LogP contribution >= 0.6 is 0 Å². The van der Waals surface area contributed by atoms with Crippen molar-refractivity contribution >= 4 is 17.4 Å². The maximum atomic E-state index is 12.2. The summed E-state index contributed by atoms with van der Waals surface area (Å²) in [7, 11) is 4.12. The van der Waals surface area contributed by atoms with E-state index in [0.29, 0.717) is 11.3 Å². The summed E-state index contributed by atoms with van der Waals surface area (Å²) >= 11 is 0. The van der Waals surface area contributed by atoms with E-state index in [1.807, 2.05) is 37.3 Å². The third-order valence-electron chi connectivity index (χ3n) is 3.39. The van der Waals surface area contributed by atoms with Crippen molar-refractivity contribution in [3.63, 3.8) is 0 Å². The van der Waals surface area contributed by atoms with Gasteiger partial charge in [-0.05, 0) is 58.3 Å². The Balaban J connectivity index is 1.86. The van der Waals surface area contributed by atoms with Crippen LogP contribution in [0.5, 0.6) is 0 Å². The van der Waals surface area contributed by atoms with Crippen molar-refractivity contribution in [3.8, 4) is 0 Å². The SMILES string of the molecule is Cc1cccc(C(=O)Nc2ccc(NCCCN(C)C)nc2)c1. The molecule has 1 aromatic carbocycles. The maximum Gasteiger partial charge on any atom is 0.255 e. The minimum atomic E-state index is -0.123. The Morgan fingerprint density at radius 2 is 2.04 bits per heavy atom. The van der Waals surface area contributed by atoms with Crippen molar-refractivity contribution in [1.29, 1.82) is 0 Å². The molecule has 0 bridgehead atoms. The van der Waals surface area contributed by atoms with Gasteiger partial charge in [0.05, 0.1) is 11.9 Å². The number of anilines is 2. The normalized spacial score (nSPS) is 10.6. The third kappa shape index (κ3) is 5.71. The number of benzene rings is 1. The van der Waals surface area contributed by atoms with Gasteiger partial charge < -0.3 is 15.5 Å². The molecular formula is C18H24N4O. The van der Waals surface area contributed by atoms with Crippen molar-refractivity contribution in [2.24, 2.45) is 0 Å². The summed E-state index contributed by atoms with van der Waals surface area (Å²) in [6.45, 7) is 3.88. The van der Waals surface area contributed by atoms with Gasteiger partial charge in [0, 0.05) is 12.1 Å². The van der Waals surface area contributed by atoms with Gasteiger partial charge in [-0.15, -0.1) is 0 Å². The summed E-state index contributed by atoms with van der Waals surface area (Å²) in [4.78, 5) is 18.6. The molecule has 0 aliphatic heterocycles. The summed E-state index contributed by atoms with van der Waals surface area (Å²) in [5.74, 6) is 0.694. The van der Waals surface area contributed by atoms with Crippen LogP contribution in [0.4, 0.5) is 11.5 Å². The van der Waals surface area contributed by atoms with Gasteiger partial charge >= 0.3 is 0 Å². The number of amides is 1. The van der Waals surface area contributed by atoms with E-state index in [1.54, 1.807) is 12.3 Å². The van der Waals surface area contributed by atoms with Crippen LogP contribution in [0.15, 0.2) is 42.6 Å². The van der Waals surface area contributed by atoms with E-state index in [2.05, 4.69) is 34.6 Å². The molecule has 1 aromatic heterocycles. The Morgan fingerprint density at radius 1 is 1.22 bits per heavy atom. The molecule has 1 amide bonds. The monoisotopic (exact) mass is 312 g/mol. The first-order chi connectivity index (χ1) is 11.0. The van der Waals surface area contributed by atoms with E-state index in [1.165, 1.54) is 0 Å². The molecule has 0 saturated carbocycles. The fraction of sp³-hybridized carbons (Fsp3) is 0.333. The lowest BCUT2D eigenvalue weighted by atomic mass is 10.1. The zero-order valence-electron chi connectivity index (χ0n) is 14.0. The molecule has 0 atom stereocenters. The highest BCUT2D eigenvalue weighted by molar-refractivity contribution is 6.04. The molecule has 0 aliphatic rings. The highest BCUT2D eigenvalue weighted by Gasteiger charge is 2.06. The number of aromatic nitrogens is 1. The number of hydrogen-bond acceptors (Lipinski definition) is 4. The fourth-order valence-corrected chi connectivity index (χ4v) is 2.17.